The number of nitrogens with zero attached hydrogens (tertiary/aromatic N) is 3. The first-order valence-corrected chi connectivity index (χ1v) is 5.12. The lowest BCUT2D eigenvalue weighted by molar-refractivity contribution is 0.360. The fourth-order valence-corrected chi connectivity index (χ4v) is 1.55. The summed E-state index contributed by atoms with van der Waals surface area (Å²) in [5.74, 6) is 2.36. The summed E-state index contributed by atoms with van der Waals surface area (Å²) in [6, 6.07) is 0. The molecule has 4 nitrogen and oxygen atoms in total. The normalized spacial score (nSPS) is 13.5. The van der Waals surface area contributed by atoms with Crippen LogP contribution in [0.15, 0.2) is 6.33 Å². The van der Waals surface area contributed by atoms with Gasteiger partial charge in [-0.3, -0.25) is 4.68 Å². The molecular weight excluding hydrogens is 176 g/mol. The standard InChI is InChI=1S/C10H20N4/c1-8(2)9(6-11-3)5-10-12-7-13-14(10)4/h7-9,11H,5-6H2,1-4H3. The minimum absolute atomic E-state index is 0.628. The van der Waals surface area contributed by atoms with Gasteiger partial charge in [0.15, 0.2) is 0 Å². The minimum atomic E-state index is 0.628. The highest BCUT2D eigenvalue weighted by Crippen LogP contribution is 2.14. The lowest BCUT2D eigenvalue weighted by Crippen LogP contribution is -2.26. The highest BCUT2D eigenvalue weighted by Gasteiger charge is 2.15. The molecule has 0 saturated heterocycles. The van der Waals surface area contributed by atoms with Crippen LogP contribution in [-0.2, 0) is 13.5 Å². The highest BCUT2D eigenvalue weighted by atomic mass is 15.3. The van der Waals surface area contributed by atoms with Crippen molar-refractivity contribution in [2.24, 2.45) is 18.9 Å². The summed E-state index contributed by atoms with van der Waals surface area (Å²) in [5.41, 5.74) is 0. The van der Waals surface area contributed by atoms with Gasteiger partial charge in [0.1, 0.15) is 12.2 Å². The van der Waals surface area contributed by atoms with Gasteiger partial charge in [0, 0.05) is 13.5 Å². The van der Waals surface area contributed by atoms with Gasteiger partial charge in [-0.15, -0.1) is 0 Å². The van der Waals surface area contributed by atoms with E-state index in [4.69, 9.17) is 0 Å². The second kappa shape index (κ2) is 5.10. The molecule has 1 heterocycles. The van der Waals surface area contributed by atoms with Crippen molar-refractivity contribution in [3.63, 3.8) is 0 Å². The molecule has 4 heteroatoms. The molecule has 0 aromatic carbocycles. The van der Waals surface area contributed by atoms with Gasteiger partial charge in [-0.25, -0.2) is 4.98 Å². The second-order valence-electron chi connectivity index (χ2n) is 4.07. The van der Waals surface area contributed by atoms with Crippen LogP contribution in [-0.4, -0.2) is 28.4 Å². The second-order valence-corrected chi connectivity index (χ2v) is 4.07. The topological polar surface area (TPSA) is 42.7 Å². The van der Waals surface area contributed by atoms with E-state index in [1.165, 1.54) is 0 Å². The zero-order chi connectivity index (χ0) is 10.6. The van der Waals surface area contributed by atoms with Crippen molar-refractivity contribution in [2.75, 3.05) is 13.6 Å². The third-order valence-corrected chi connectivity index (χ3v) is 2.66. The fraction of sp³-hybridized carbons (Fsp3) is 0.800. The number of aromatic nitrogens is 3. The quantitative estimate of drug-likeness (QED) is 0.759. The molecule has 0 amide bonds. The molecule has 0 aliphatic heterocycles. The van der Waals surface area contributed by atoms with Gasteiger partial charge >= 0.3 is 0 Å². The Hall–Kier alpha value is -0.900. The average Bonchev–Trinajstić information content (AvgIpc) is 2.51. The van der Waals surface area contributed by atoms with Crippen LogP contribution in [0.4, 0.5) is 0 Å². The molecule has 0 bridgehead atoms. The Morgan fingerprint density at radius 2 is 2.21 bits per heavy atom. The van der Waals surface area contributed by atoms with Gasteiger partial charge in [-0.1, -0.05) is 13.8 Å². The molecule has 1 N–H and O–H groups in total. The van der Waals surface area contributed by atoms with Crippen LogP contribution in [0, 0.1) is 11.8 Å². The summed E-state index contributed by atoms with van der Waals surface area (Å²) < 4.78 is 1.85. The molecule has 1 atom stereocenters. The number of nitrogens with one attached hydrogen (secondary N) is 1. The van der Waals surface area contributed by atoms with Gasteiger partial charge in [-0.05, 0) is 25.4 Å². The van der Waals surface area contributed by atoms with Gasteiger partial charge in [0.05, 0.1) is 0 Å². The molecule has 1 unspecified atom stereocenters. The molecular formula is C10H20N4. The van der Waals surface area contributed by atoms with Crippen molar-refractivity contribution in [3.8, 4) is 0 Å². The van der Waals surface area contributed by atoms with Crippen LogP contribution in [0.3, 0.4) is 0 Å². The van der Waals surface area contributed by atoms with Crippen LogP contribution in [0.1, 0.15) is 19.7 Å². The summed E-state index contributed by atoms with van der Waals surface area (Å²) >= 11 is 0. The van der Waals surface area contributed by atoms with E-state index in [0.29, 0.717) is 11.8 Å². The SMILES string of the molecule is CNCC(Cc1ncnn1C)C(C)C. The Morgan fingerprint density at radius 3 is 2.64 bits per heavy atom. The van der Waals surface area contributed by atoms with Gasteiger partial charge in [0.25, 0.3) is 0 Å². The van der Waals surface area contributed by atoms with Crippen LogP contribution in [0.25, 0.3) is 0 Å². The van der Waals surface area contributed by atoms with Crippen LogP contribution < -0.4 is 5.32 Å². The number of aryl methyl sites for hydroxylation is 1. The Balaban J connectivity index is 2.60. The fourth-order valence-electron chi connectivity index (χ4n) is 1.55. The van der Waals surface area contributed by atoms with E-state index in [9.17, 15) is 0 Å². The maximum absolute atomic E-state index is 4.24. The molecule has 0 saturated carbocycles. The van der Waals surface area contributed by atoms with Crippen molar-refractivity contribution in [2.45, 2.75) is 20.3 Å². The first-order chi connectivity index (χ1) is 6.65. The van der Waals surface area contributed by atoms with Crippen molar-refractivity contribution < 1.29 is 0 Å². The van der Waals surface area contributed by atoms with Gasteiger partial charge in [-0.2, -0.15) is 5.10 Å². The minimum Gasteiger partial charge on any atom is -0.319 e. The Kier molecular flexibility index (Phi) is 4.07. The maximum atomic E-state index is 4.24. The maximum Gasteiger partial charge on any atom is 0.138 e. The van der Waals surface area contributed by atoms with Crippen LogP contribution >= 0.6 is 0 Å². The smallest absolute Gasteiger partial charge is 0.138 e. The van der Waals surface area contributed by atoms with E-state index in [2.05, 4.69) is 29.2 Å². The van der Waals surface area contributed by atoms with Crippen LogP contribution in [0.5, 0.6) is 0 Å². The monoisotopic (exact) mass is 196 g/mol. The molecule has 80 valence electrons. The van der Waals surface area contributed by atoms with Gasteiger partial charge < -0.3 is 5.32 Å². The Labute approximate surface area is 85.7 Å². The van der Waals surface area contributed by atoms with Crippen molar-refractivity contribution in [3.05, 3.63) is 12.2 Å². The lowest BCUT2D eigenvalue weighted by atomic mass is 9.92. The first-order valence-electron chi connectivity index (χ1n) is 5.12. The number of hydrogen-bond donors (Lipinski definition) is 1. The molecule has 0 spiro atoms. The third kappa shape index (κ3) is 2.80. The molecule has 0 aliphatic rings. The lowest BCUT2D eigenvalue weighted by Gasteiger charge is -2.19. The zero-order valence-electron chi connectivity index (χ0n) is 9.49. The largest absolute Gasteiger partial charge is 0.319 e. The van der Waals surface area contributed by atoms with Crippen molar-refractivity contribution in [1.82, 2.24) is 20.1 Å². The third-order valence-electron chi connectivity index (χ3n) is 2.66. The van der Waals surface area contributed by atoms with E-state index in [1.54, 1.807) is 6.33 Å². The summed E-state index contributed by atoms with van der Waals surface area (Å²) in [4.78, 5) is 4.24. The number of hydrogen-bond acceptors (Lipinski definition) is 3. The van der Waals surface area contributed by atoms with Crippen molar-refractivity contribution in [1.29, 1.82) is 0 Å². The molecule has 1 rings (SSSR count). The van der Waals surface area contributed by atoms with E-state index in [0.717, 1.165) is 18.8 Å². The predicted octanol–water partition coefficient (Wildman–Crippen LogP) is 0.849. The summed E-state index contributed by atoms with van der Waals surface area (Å²) in [6.45, 7) is 5.53. The van der Waals surface area contributed by atoms with E-state index in [1.807, 2.05) is 18.8 Å². The van der Waals surface area contributed by atoms with Crippen LogP contribution in [0.2, 0.25) is 0 Å². The number of rotatable bonds is 5. The highest BCUT2D eigenvalue weighted by molar-refractivity contribution is 4.87. The summed E-state index contributed by atoms with van der Waals surface area (Å²) in [6.07, 6.45) is 2.61. The molecule has 0 fully saturated rings. The Morgan fingerprint density at radius 1 is 1.50 bits per heavy atom. The molecule has 14 heavy (non-hydrogen) atoms. The zero-order valence-corrected chi connectivity index (χ0v) is 9.49. The molecule has 0 aliphatic carbocycles. The summed E-state index contributed by atoms with van der Waals surface area (Å²) in [7, 11) is 3.94. The average molecular weight is 196 g/mol. The first kappa shape index (κ1) is 11.2. The van der Waals surface area contributed by atoms with Gasteiger partial charge in [0.2, 0.25) is 0 Å². The van der Waals surface area contributed by atoms with E-state index >= 15 is 0 Å². The molecule has 0 radical (unpaired) electrons. The van der Waals surface area contributed by atoms with E-state index in [-0.39, 0.29) is 0 Å². The van der Waals surface area contributed by atoms with E-state index < -0.39 is 0 Å². The molecule has 1 aromatic heterocycles. The summed E-state index contributed by atoms with van der Waals surface area (Å²) in [5, 5.41) is 7.30. The molecule has 1 aromatic rings. The van der Waals surface area contributed by atoms with Crippen molar-refractivity contribution >= 4 is 0 Å². The predicted molar refractivity (Wildman–Crippen MR) is 57.0 cm³/mol. The Bertz CT molecular complexity index is 267.